The first-order chi connectivity index (χ1) is 10.0. The van der Waals surface area contributed by atoms with E-state index in [0.29, 0.717) is 21.4 Å². The zero-order valence-electron chi connectivity index (χ0n) is 11.1. The summed E-state index contributed by atoms with van der Waals surface area (Å²) in [5.41, 5.74) is 2.14. The van der Waals surface area contributed by atoms with E-state index >= 15 is 0 Å². The van der Waals surface area contributed by atoms with Gasteiger partial charge in [-0.25, -0.2) is 9.50 Å². The van der Waals surface area contributed by atoms with Gasteiger partial charge in [0.15, 0.2) is 5.65 Å². The van der Waals surface area contributed by atoms with Gasteiger partial charge >= 0.3 is 0 Å². The summed E-state index contributed by atoms with van der Waals surface area (Å²) in [4.78, 5) is 17.4. The van der Waals surface area contributed by atoms with Crippen LogP contribution in [0.15, 0.2) is 40.0 Å². The van der Waals surface area contributed by atoms with Crippen LogP contribution in [-0.2, 0) is 5.75 Å². The second kappa shape index (κ2) is 5.75. The zero-order chi connectivity index (χ0) is 15.0. The summed E-state index contributed by atoms with van der Waals surface area (Å²) in [7, 11) is 0. The van der Waals surface area contributed by atoms with Crippen molar-refractivity contribution in [3.05, 3.63) is 62.1 Å². The van der Waals surface area contributed by atoms with E-state index in [2.05, 4.69) is 10.1 Å². The summed E-state index contributed by atoms with van der Waals surface area (Å²) < 4.78 is 1.43. The molecule has 1 N–H and O–H groups in total. The number of thioether (sulfide) groups is 1. The standard InChI is InChI=1S/C14H11Cl2N3OS/c1-8-4-13-17-9(5-14(20)19(13)18-8)7-21-10-2-3-11(15)12(16)6-10/h2-6,18H,7H2,1H3. The lowest BCUT2D eigenvalue weighted by Crippen LogP contribution is -2.15. The smallest absolute Gasteiger partial charge is 0.272 e. The molecule has 3 aromatic rings. The third-order valence-electron chi connectivity index (χ3n) is 2.91. The minimum atomic E-state index is -0.113. The highest BCUT2D eigenvalue weighted by atomic mass is 35.5. The second-order valence-electron chi connectivity index (χ2n) is 4.58. The summed E-state index contributed by atoms with van der Waals surface area (Å²) in [6.45, 7) is 1.89. The van der Waals surface area contributed by atoms with Gasteiger partial charge in [-0.3, -0.25) is 9.89 Å². The minimum Gasteiger partial charge on any atom is -0.294 e. The highest BCUT2D eigenvalue weighted by molar-refractivity contribution is 7.98. The molecule has 7 heteroatoms. The predicted molar refractivity (Wildman–Crippen MR) is 86.6 cm³/mol. The van der Waals surface area contributed by atoms with Crippen molar-refractivity contribution in [3.8, 4) is 0 Å². The molecule has 0 radical (unpaired) electrons. The lowest BCUT2D eigenvalue weighted by Gasteiger charge is -2.03. The molecule has 3 rings (SSSR count). The average Bonchev–Trinajstić information content (AvgIpc) is 2.81. The summed E-state index contributed by atoms with van der Waals surface area (Å²) in [6, 6.07) is 8.83. The molecular weight excluding hydrogens is 329 g/mol. The normalized spacial score (nSPS) is 11.2. The highest BCUT2D eigenvalue weighted by Crippen LogP contribution is 2.29. The van der Waals surface area contributed by atoms with Crippen molar-refractivity contribution in [1.29, 1.82) is 0 Å². The minimum absolute atomic E-state index is 0.113. The van der Waals surface area contributed by atoms with Crippen molar-refractivity contribution in [1.82, 2.24) is 14.6 Å². The number of rotatable bonds is 3. The van der Waals surface area contributed by atoms with E-state index in [-0.39, 0.29) is 5.56 Å². The maximum Gasteiger partial charge on any atom is 0.272 e. The van der Waals surface area contributed by atoms with Gasteiger partial charge in [-0.2, -0.15) is 0 Å². The Balaban J connectivity index is 1.84. The van der Waals surface area contributed by atoms with E-state index in [1.165, 1.54) is 10.6 Å². The van der Waals surface area contributed by atoms with Gasteiger partial charge < -0.3 is 0 Å². The van der Waals surface area contributed by atoms with Gasteiger partial charge in [-0.1, -0.05) is 23.2 Å². The first-order valence-electron chi connectivity index (χ1n) is 6.19. The average molecular weight is 340 g/mol. The zero-order valence-corrected chi connectivity index (χ0v) is 13.4. The molecule has 0 saturated heterocycles. The molecule has 0 atom stereocenters. The van der Waals surface area contributed by atoms with Crippen molar-refractivity contribution in [2.45, 2.75) is 17.6 Å². The number of hydrogen-bond acceptors (Lipinski definition) is 3. The SMILES string of the molecule is Cc1cc2nc(CSc3ccc(Cl)c(Cl)c3)cc(=O)n2[nH]1. The van der Waals surface area contributed by atoms with Crippen LogP contribution in [0.3, 0.4) is 0 Å². The van der Waals surface area contributed by atoms with Gasteiger partial charge in [0, 0.05) is 28.5 Å². The van der Waals surface area contributed by atoms with Crippen LogP contribution < -0.4 is 5.56 Å². The molecule has 0 saturated carbocycles. The fourth-order valence-electron chi connectivity index (χ4n) is 1.96. The van der Waals surface area contributed by atoms with Crippen LogP contribution in [0.5, 0.6) is 0 Å². The number of fused-ring (bicyclic) bond motifs is 1. The van der Waals surface area contributed by atoms with Gasteiger partial charge in [0.25, 0.3) is 5.56 Å². The molecule has 0 amide bonds. The largest absolute Gasteiger partial charge is 0.294 e. The topological polar surface area (TPSA) is 50.2 Å². The maximum absolute atomic E-state index is 12.0. The quantitative estimate of drug-likeness (QED) is 0.735. The Labute approximate surface area is 135 Å². The fourth-order valence-corrected chi connectivity index (χ4v) is 3.15. The van der Waals surface area contributed by atoms with Crippen LogP contribution in [0.2, 0.25) is 10.0 Å². The number of benzene rings is 1. The lowest BCUT2D eigenvalue weighted by atomic mass is 10.4. The van der Waals surface area contributed by atoms with Crippen LogP contribution >= 0.6 is 35.0 Å². The first-order valence-corrected chi connectivity index (χ1v) is 7.93. The molecule has 0 bridgehead atoms. The number of aromatic amines is 1. The summed E-state index contributed by atoms with van der Waals surface area (Å²) >= 11 is 13.4. The van der Waals surface area contributed by atoms with E-state index in [0.717, 1.165) is 16.3 Å². The van der Waals surface area contributed by atoms with Gasteiger partial charge in [0.2, 0.25) is 0 Å². The number of nitrogens with zero attached hydrogens (tertiary/aromatic N) is 2. The number of hydrogen-bond donors (Lipinski definition) is 1. The Hall–Kier alpha value is -1.43. The molecule has 2 aromatic heterocycles. The number of aryl methyl sites for hydroxylation is 1. The Bertz CT molecular complexity index is 872. The van der Waals surface area contributed by atoms with Gasteiger partial charge in [-0.05, 0) is 25.1 Å². The summed E-state index contributed by atoms with van der Waals surface area (Å²) in [6.07, 6.45) is 0. The van der Waals surface area contributed by atoms with Crippen LogP contribution in [0.25, 0.3) is 5.65 Å². The van der Waals surface area contributed by atoms with Crippen LogP contribution in [-0.4, -0.2) is 14.6 Å². The Morgan fingerprint density at radius 3 is 2.81 bits per heavy atom. The van der Waals surface area contributed by atoms with Crippen LogP contribution in [0, 0.1) is 6.92 Å². The van der Waals surface area contributed by atoms with Gasteiger partial charge in [-0.15, -0.1) is 11.8 Å². The molecule has 0 aliphatic heterocycles. The molecule has 2 heterocycles. The molecule has 108 valence electrons. The number of nitrogens with one attached hydrogen (secondary N) is 1. The summed E-state index contributed by atoms with van der Waals surface area (Å²) in [5.74, 6) is 0.591. The van der Waals surface area contributed by atoms with Crippen LogP contribution in [0.4, 0.5) is 0 Å². The molecule has 0 aliphatic rings. The summed E-state index contributed by atoms with van der Waals surface area (Å²) in [5, 5.41) is 3.99. The third-order valence-corrected chi connectivity index (χ3v) is 4.68. The molecule has 1 aromatic carbocycles. The van der Waals surface area contributed by atoms with Gasteiger partial charge in [0.1, 0.15) is 0 Å². The van der Waals surface area contributed by atoms with Crippen molar-refractivity contribution in [3.63, 3.8) is 0 Å². The number of aromatic nitrogens is 3. The number of halogens is 2. The lowest BCUT2D eigenvalue weighted by molar-refractivity contribution is 0.872. The monoisotopic (exact) mass is 339 g/mol. The third kappa shape index (κ3) is 3.10. The molecule has 0 fully saturated rings. The first kappa shape index (κ1) is 14.5. The Morgan fingerprint density at radius 1 is 1.24 bits per heavy atom. The Morgan fingerprint density at radius 2 is 2.05 bits per heavy atom. The van der Waals surface area contributed by atoms with Crippen molar-refractivity contribution < 1.29 is 0 Å². The van der Waals surface area contributed by atoms with Gasteiger partial charge in [0.05, 0.1) is 15.7 Å². The molecule has 0 aliphatic carbocycles. The van der Waals surface area contributed by atoms with E-state index in [9.17, 15) is 4.79 Å². The number of H-pyrrole nitrogens is 1. The maximum atomic E-state index is 12.0. The molecule has 4 nitrogen and oxygen atoms in total. The molecule has 0 spiro atoms. The van der Waals surface area contributed by atoms with E-state index in [1.807, 2.05) is 19.1 Å². The van der Waals surface area contributed by atoms with Crippen molar-refractivity contribution >= 4 is 40.6 Å². The van der Waals surface area contributed by atoms with Crippen molar-refractivity contribution in [2.75, 3.05) is 0 Å². The molecule has 21 heavy (non-hydrogen) atoms. The van der Waals surface area contributed by atoms with Crippen LogP contribution in [0.1, 0.15) is 11.4 Å². The highest BCUT2D eigenvalue weighted by Gasteiger charge is 2.06. The van der Waals surface area contributed by atoms with E-state index in [4.69, 9.17) is 23.2 Å². The predicted octanol–water partition coefficient (Wildman–Crippen LogP) is 3.93. The second-order valence-corrected chi connectivity index (χ2v) is 6.45. The van der Waals surface area contributed by atoms with E-state index < -0.39 is 0 Å². The fraction of sp³-hybridized carbons (Fsp3) is 0.143. The van der Waals surface area contributed by atoms with E-state index in [1.54, 1.807) is 23.9 Å². The molecular formula is C14H11Cl2N3OS. The molecule has 0 unspecified atom stereocenters. The van der Waals surface area contributed by atoms with Crippen molar-refractivity contribution in [2.24, 2.45) is 0 Å². The Kier molecular flexibility index (Phi) is 3.97.